The highest BCUT2D eigenvalue weighted by atomic mass is 32.1. The minimum absolute atomic E-state index is 0.0763. The zero-order valence-electron chi connectivity index (χ0n) is 19.7. The molecule has 0 bridgehead atoms. The van der Waals surface area contributed by atoms with Crippen molar-refractivity contribution in [2.75, 3.05) is 18.5 Å². The molecular weight excluding hydrogens is 453 g/mol. The van der Waals surface area contributed by atoms with Crippen LogP contribution >= 0.6 is 11.3 Å². The van der Waals surface area contributed by atoms with E-state index in [1.165, 1.54) is 17.0 Å². The summed E-state index contributed by atoms with van der Waals surface area (Å²) in [5, 5.41) is 4.82. The number of urea groups is 1. The number of anilines is 1. The van der Waals surface area contributed by atoms with Crippen molar-refractivity contribution in [3.05, 3.63) is 82.3 Å². The van der Waals surface area contributed by atoms with E-state index in [9.17, 15) is 14.0 Å². The van der Waals surface area contributed by atoms with E-state index in [-0.39, 0.29) is 30.3 Å². The van der Waals surface area contributed by atoms with Crippen LogP contribution in [0.3, 0.4) is 0 Å². The maximum Gasteiger partial charge on any atom is 0.322 e. The Hall–Kier alpha value is -3.39. The smallest absolute Gasteiger partial charge is 0.322 e. The van der Waals surface area contributed by atoms with Crippen LogP contribution in [0.2, 0.25) is 0 Å². The van der Waals surface area contributed by atoms with Gasteiger partial charge in [0.05, 0.1) is 13.2 Å². The summed E-state index contributed by atoms with van der Waals surface area (Å²) < 4.78 is 18.8. The van der Waals surface area contributed by atoms with Gasteiger partial charge in [0.15, 0.2) is 0 Å². The van der Waals surface area contributed by atoms with E-state index in [4.69, 9.17) is 4.74 Å². The second-order valence-corrected chi connectivity index (χ2v) is 9.10. The van der Waals surface area contributed by atoms with Crippen molar-refractivity contribution >= 4 is 29.0 Å². The lowest BCUT2D eigenvalue weighted by Crippen LogP contribution is -2.47. The van der Waals surface area contributed by atoms with E-state index in [2.05, 4.69) is 5.32 Å². The number of thiophene rings is 1. The molecule has 3 amide bonds. The molecule has 2 aromatic carbocycles. The molecule has 0 aliphatic rings. The molecule has 0 spiro atoms. The molecule has 3 rings (SSSR count). The van der Waals surface area contributed by atoms with Crippen LogP contribution in [0.15, 0.2) is 66.0 Å². The average molecular weight is 484 g/mol. The first-order chi connectivity index (χ1) is 16.4. The van der Waals surface area contributed by atoms with Crippen molar-refractivity contribution in [3.63, 3.8) is 0 Å². The number of ether oxygens (including phenoxy) is 1. The number of hydrogen-bond acceptors (Lipinski definition) is 4. The maximum absolute atomic E-state index is 13.3. The van der Waals surface area contributed by atoms with Gasteiger partial charge >= 0.3 is 6.03 Å². The Kier molecular flexibility index (Phi) is 9.04. The molecule has 6 nitrogen and oxygen atoms in total. The quantitative estimate of drug-likeness (QED) is 0.399. The standard InChI is InChI=1S/C26H30FN3O3S/c1-4-33-23-13-11-22(12-14-23)28-26(32)30(19(2)3)18-25(31)29(17-24-6-5-15-34-24)16-20-7-9-21(27)10-8-20/h5-15,19H,4,16-18H2,1-3H3,(H,28,32). The molecular formula is C26H30FN3O3S. The summed E-state index contributed by atoms with van der Waals surface area (Å²) >= 11 is 1.56. The Balaban J connectivity index is 1.71. The molecule has 0 aliphatic carbocycles. The van der Waals surface area contributed by atoms with E-state index in [0.717, 1.165) is 16.2 Å². The lowest BCUT2D eigenvalue weighted by atomic mass is 10.2. The summed E-state index contributed by atoms with van der Waals surface area (Å²) in [6.45, 7) is 6.88. The molecule has 0 atom stereocenters. The third kappa shape index (κ3) is 7.31. The fourth-order valence-electron chi connectivity index (χ4n) is 3.36. The van der Waals surface area contributed by atoms with Crippen molar-refractivity contribution in [1.82, 2.24) is 9.80 Å². The van der Waals surface area contributed by atoms with Gasteiger partial charge in [0, 0.05) is 23.2 Å². The van der Waals surface area contributed by atoms with E-state index in [0.29, 0.717) is 25.4 Å². The van der Waals surface area contributed by atoms with Gasteiger partial charge in [0.1, 0.15) is 18.1 Å². The summed E-state index contributed by atoms with van der Waals surface area (Å²) in [4.78, 5) is 30.6. The maximum atomic E-state index is 13.3. The Labute approximate surface area is 204 Å². The number of hydrogen-bond donors (Lipinski definition) is 1. The number of carbonyl (C=O) groups is 2. The van der Waals surface area contributed by atoms with Gasteiger partial charge in [-0.3, -0.25) is 4.79 Å². The second kappa shape index (κ2) is 12.2. The molecule has 34 heavy (non-hydrogen) atoms. The number of halogens is 1. The molecule has 1 aromatic heterocycles. The monoisotopic (exact) mass is 483 g/mol. The number of nitrogens with zero attached hydrogens (tertiary/aromatic N) is 2. The molecule has 0 saturated carbocycles. The molecule has 1 N–H and O–H groups in total. The van der Waals surface area contributed by atoms with Gasteiger partial charge in [-0.2, -0.15) is 0 Å². The minimum atomic E-state index is -0.356. The van der Waals surface area contributed by atoms with Crippen LogP contribution in [0.1, 0.15) is 31.2 Å². The lowest BCUT2D eigenvalue weighted by molar-refractivity contribution is -0.133. The fraction of sp³-hybridized carbons (Fsp3) is 0.308. The molecule has 8 heteroatoms. The first-order valence-corrected chi connectivity index (χ1v) is 12.1. The topological polar surface area (TPSA) is 61.9 Å². The van der Waals surface area contributed by atoms with Crippen LogP contribution in [0.5, 0.6) is 5.75 Å². The largest absolute Gasteiger partial charge is 0.494 e. The summed E-state index contributed by atoms with van der Waals surface area (Å²) in [6, 6.07) is 16.6. The van der Waals surface area contributed by atoms with Crippen LogP contribution in [-0.4, -0.2) is 40.9 Å². The summed E-state index contributed by atoms with van der Waals surface area (Å²) in [7, 11) is 0. The van der Waals surface area contributed by atoms with Gasteiger partial charge in [-0.15, -0.1) is 11.3 Å². The minimum Gasteiger partial charge on any atom is -0.494 e. The van der Waals surface area contributed by atoms with Crippen LogP contribution in [0, 0.1) is 5.82 Å². The van der Waals surface area contributed by atoms with Crippen LogP contribution in [0.25, 0.3) is 0 Å². The second-order valence-electron chi connectivity index (χ2n) is 8.06. The van der Waals surface area contributed by atoms with E-state index in [1.54, 1.807) is 52.6 Å². The average Bonchev–Trinajstić information content (AvgIpc) is 3.32. The predicted octanol–water partition coefficient (Wildman–Crippen LogP) is 5.76. The van der Waals surface area contributed by atoms with Crippen LogP contribution < -0.4 is 10.1 Å². The highest BCUT2D eigenvalue weighted by Crippen LogP contribution is 2.18. The van der Waals surface area contributed by atoms with Gasteiger partial charge in [-0.05, 0) is 74.2 Å². The van der Waals surface area contributed by atoms with Crippen LogP contribution in [0.4, 0.5) is 14.9 Å². The van der Waals surface area contributed by atoms with Gasteiger partial charge < -0.3 is 19.9 Å². The summed E-state index contributed by atoms with van der Waals surface area (Å²) in [5.74, 6) is 0.214. The molecule has 1 heterocycles. The molecule has 180 valence electrons. The van der Waals surface area contributed by atoms with Crippen molar-refractivity contribution in [1.29, 1.82) is 0 Å². The normalized spacial score (nSPS) is 10.7. The number of nitrogens with one attached hydrogen (secondary N) is 1. The van der Waals surface area contributed by atoms with Gasteiger partial charge in [0.2, 0.25) is 5.91 Å². The molecule has 0 aliphatic heterocycles. The Morgan fingerprint density at radius 2 is 1.74 bits per heavy atom. The van der Waals surface area contributed by atoms with E-state index < -0.39 is 0 Å². The Morgan fingerprint density at radius 1 is 1.03 bits per heavy atom. The van der Waals surface area contributed by atoms with E-state index in [1.807, 2.05) is 38.3 Å². The van der Waals surface area contributed by atoms with Gasteiger partial charge in [0.25, 0.3) is 0 Å². The highest BCUT2D eigenvalue weighted by molar-refractivity contribution is 7.09. The number of benzene rings is 2. The van der Waals surface area contributed by atoms with Crippen molar-refractivity contribution in [3.8, 4) is 5.75 Å². The van der Waals surface area contributed by atoms with Crippen molar-refractivity contribution < 1.29 is 18.7 Å². The molecule has 0 fully saturated rings. The molecule has 0 unspecified atom stereocenters. The zero-order valence-corrected chi connectivity index (χ0v) is 20.5. The van der Waals surface area contributed by atoms with Crippen molar-refractivity contribution in [2.24, 2.45) is 0 Å². The number of rotatable bonds is 10. The Bertz CT molecular complexity index is 1050. The van der Waals surface area contributed by atoms with E-state index >= 15 is 0 Å². The summed E-state index contributed by atoms with van der Waals surface area (Å²) in [5.41, 5.74) is 1.44. The number of amides is 3. The third-order valence-electron chi connectivity index (χ3n) is 5.17. The molecule has 0 radical (unpaired) electrons. The molecule has 3 aromatic rings. The third-order valence-corrected chi connectivity index (χ3v) is 6.03. The highest BCUT2D eigenvalue weighted by Gasteiger charge is 2.24. The first kappa shape index (κ1) is 25.2. The zero-order chi connectivity index (χ0) is 24.5. The molecule has 0 saturated heterocycles. The van der Waals surface area contributed by atoms with Gasteiger partial charge in [-0.1, -0.05) is 18.2 Å². The van der Waals surface area contributed by atoms with Gasteiger partial charge in [-0.25, -0.2) is 9.18 Å². The predicted molar refractivity (Wildman–Crippen MR) is 133 cm³/mol. The lowest BCUT2D eigenvalue weighted by Gasteiger charge is -2.30. The first-order valence-electron chi connectivity index (χ1n) is 11.2. The number of carbonyl (C=O) groups excluding carboxylic acids is 2. The summed E-state index contributed by atoms with van der Waals surface area (Å²) in [6.07, 6.45) is 0. The van der Waals surface area contributed by atoms with Crippen molar-refractivity contribution in [2.45, 2.75) is 39.9 Å². The van der Waals surface area contributed by atoms with Crippen LogP contribution in [-0.2, 0) is 17.9 Å². The Morgan fingerprint density at radius 3 is 2.32 bits per heavy atom. The SMILES string of the molecule is CCOc1ccc(NC(=O)N(CC(=O)N(Cc2ccc(F)cc2)Cc2cccs2)C(C)C)cc1. The fourth-order valence-corrected chi connectivity index (χ4v) is 4.08.